The van der Waals surface area contributed by atoms with Crippen LogP contribution in [0.3, 0.4) is 0 Å². The molecule has 2 aromatic carbocycles. The molecule has 1 aliphatic carbocycles. The molecule has 0 aromatic heterocycles. The standard InChI is InChI=1S/C17H13.2ClH.Zr/c1-3-7-14(8-4-1)16-11-12-17(13-16)15-9-5-2-6-10-15;;;/h1-10,13H,11H2;2*1H;/q-1;;;+3/p-2. The van der Waals surface area contributed by atoms with Crippen molar-refractivity contribution in [1.82, 2.24) is 0 Å². The summed E-state index contributed by atoms with van der Waals surface area (Å²) < 4.78 is 0. The Morgan fingerprint density at radius 2 is 1.20 bits per heavy atom. The first-order valence-corrected chi connectivity index (χ1v) is 5.86. The summed E-state index contributed by atoms with van der Waals surface area (Å²) in [5.74, 6) is 0. The Kier molecular flexibility index (Phi) is 9.06. The van der Waals surface area contributed by atoms with E-state index >= 15 is 0 Å². The van der Waals surface area contributed by atoms with E-state index in [1.807, 2.05) is 12.1 Å². The molecule has 3 heteroatoms. The van der Waals surface area contributed by atoms with Crippen LogP contribution < -0.4 is 24.8 Å². The van der Waals surface area contributed by atoms with Gasteiger partial charge in [0.05, 0.1) is 0 Å². The van der Waals surface area contributed by atoms with Gasteiger partial charge in [-0.1, -0.05) is 55.0 Å². The largest absolute Gasteiger partial charge is 3.00 e. The van der Waals surface area contributed by atoms with Crippen LogP contribution >= 0.6 is 0 Å². The van der Waals surface area contributed by atoms with Gasteiger partial charge >= 0.3 is 26.2 Å². The molecule has 0 fully saturated rings. The van der Waals surface area contributed by atoms with Crippen LogP contribution in [0.15, 0.2) is 66.7 Å². The van der Waals surface area contributed by atoms with E-state index in [2.05, 4.69) is 60.7 Å². The van der Waals surface area contributed by atoms with E-state index < -0.39 is 0 Å². The molecule has 3 rings (SSSR count). The molecule has 0 saturated heterocycles. The van der Waals surface area contributed by atoms with Gasteiger partial charge in [-0.05, 0) is 5.56 Å². The maximum atomic E-state index is 3.45. The molecule has 0 amide bonds. The molecule has 0 atom stereocenters. The molecule has 0 bridgehead atoms. The summed E-state index contributed by atoms with van der Waals surface area (Å²) in [6.45, 7) is 0. The van der Waals surface area contributed by atoms with Crippen molar-refractivity contribution in [1.29, 1.82) is 0 Å². The van der Waals surface area contributed by atoms with E-state index in [0.717, 1.165) is 6.42 Å². The number of hydrogen-bond acceptors (Lipinski definition) is 0. The van der Waals surface area contributed by atoms with Gasteiger partial charge in [-0.3, -0.25) is 0 Å². The summed E-state index contributed by atoms with van der Waals surface area (Å²) in [5, 5.41) is 0. The molecule has 0 spiro atoms. The van der Waals surface area contributed by atoms with Crippen molar-refractivity contribution in [3.05, 3.63) is 83.9 Å². The van der Waals surface area contributed by atoms with Crippen LogP contribution in [0.5, 0.6) is 0 Å². The Hall–Kier alpha value is -0.617. The molecule has 0 saturated carbocycles. The third kappa shape index (κ3) is 4.45. The van der Waals surface area contributed by atoms with Crippen LogP contribution in [0.25, 0.3) is 11.1 Å². The van der Waals surface area contributed by atoms with Crippen molar-refractivity contribution in [2.45, 2.75) is 6.42 Å². The normalized spacial score (nSPS) is 12.2. The molecule has 0 aliphatic heterocycles. The van der Waals surface area contributed by atoms with Crippen LogP contribution in [0, 0.1) is 6.08 Å². The van der Waals surface area contributed by atoms with Crippen LogP contribution in [-0.2, 0) is 26.2 Å². The molecule has 0 unspecified atom stereocenters. The number of benzene rings is 2. The molecule has 20 heavy (non-hydrogen) atoms. The molecule has 0 heterocycles. The zero-order chi connectivity index (χ0) is 11.5. The molecule has 1 radical (unpaired) electrons. The maximum absolute atomic E-state index is 3.45. The minimum Gasteiger partial charge on any atom is -1.00 e. The Balaban J connectivity index is 0.00000120. The zero-order valence-electron chi connectivity index (χ0n) is 10.8. The minimum atomic E-state index is 0. The van der Waals surface area contributed by atoms with Crippen LogP contribution in [0.4, 0.5) is 0 Å². The second kappa shape index (κ2) is 9.34. The molecule has 2 aromatic rings. The Labute approximate surface area is 151 Å². The summed E-state index contributed by atoms with van der Waals surface area (Å²) in [7, 11) is 0. The summed E-state index contributed by atoms with van der Waals surface area (Å²) in [6, 6.07) is 21.0. The summed E-state index contributed by atoms with van der Waals surface area (Å²) in [5.41, 5.74) is 5.11. The Bertz CT molecular complexity index is 574. The first-order valence-electron chi connectivity index (χ1n) is 5.86. The summed E-state index contributed by atoms with van der Waals surface area (Å²) in [4.78, 5) is 0. The van der Waals surface area contributed by atoms with E-state index in [1.165, 1.54) is 22.3 Å². The van der Waals surface area contributed by atoms with Gasteiger partial charge in [-0.15, -0.1) is 23.3 Å². The van der Waals surface area contributed by atoms with Crippen molar-refractivity contribution in [2.75, 3.05) is 0 Å². The van der Waals surface area contributed by atoms with Gasteiger partial charge in [0, 0.05) is 0 Å². The van der Waals surface area contributed by atoms with Crippen LogP contribution in [0.2, 0.25) is 0 Å². The van der Waals surface area contributed by atoms with Gasteiger partial charge < -0.3 is 24.8 Å². The van der Waals surface area contributed by atoms with E-state index in [1.54, 1.807) is 0 Å². The van der Waals surface area contributed by atoms with Gasteiger partial charge in [0.2, 0.25) is 0 Å². The predicted molar refractivity (Wildman–Crippen MR) is 72.1 cm³/mol. The molecule has 0 N–H and O–H groups in total. The first-order chi connectivity index (χ1) is 8.43. The maximum Gasteiger partial charge on any atom is 3.00 e. The van der Waals surface area contributed by atoms with Gasteiger partial charge in [-0.25, -0.2) is 0 Å². The minimum absolute atomic E-state index is 0. The van der Waals surface area contributed by atoms with Gasteiger partial charge in [0.25, 0.3) is 0 Å². The van der Waals surface area contributed by atoms with Crippen LogP contribution in [0.1, 0.15) is 17.5 Å². The quantitative estimate of drug-likeness (QED) is 0.550. The second-order valence-electron chi connectivity index (χ2n) is 4.17. The van der Waals surface area contributed by atoms with Crippen molar-refractivity contribution >= 4 is 11.1 Å². The van der Waals surface area contributed by atoms with Gasteiger partial charge in [-0.2, -0.15) is 17.7 Å². The molecule has 99 valence electrons. The van der Waals surface area contributed by atoms with E-state index in [0.29, 0.717) is 0 Å². The Morgan fingerprint density at radius 1 is 0.700 bits per heavy atom. The zero-order valence-corrected chi connectivity index (χ0v) is 14.8. The average Bonchev–Trinajstić information content (AvgIpc) is 2.90. The molecule has 0 nitrogen and oxygen atoms in total. The SMILES string of the molecule is [C-]1=C(c2ccccc2)C=C(c2ccccc2)C1.[Cl-].[Cl-].[Zr+3]. The van der Waals surface area contributed by atoms with Crippen molar-refractivity contribution in [3.8, 4) is 0 Å². The van der Waals surface area contributed by atoms with Crippen molar-refractivity contribution in [2.24, 2.45) is 0 Å². The molecular weight excluding hydrogens is 366 g/mol. The topological polar surface area (TPSA) is 0 Å². The van der Waals surface area contributed by atoms with Crippen molar-refractivity contribution in [3.63, 3.8) is 0 Å². The van der Waals surface area contributed by atoms with Crippen molar-refractivity contribution < 1.29 is 51.0 Å². The summed E-state index contributed by atoms with van der Waals surface area (Å²) in [6.07, 6.45) is 6.60. The molecule has 1 aliphatic rings. The van der Waals surface area contributed by atoms with E-state index in [4.69, 9.17) is 0 Å². The fourth-order valence-electron chi connectivity index (χ4n) is 2.11. The Morgan fingerprint density at radius 3 is 1.75 bits per heavy atom. The third-order valence-corrected chi connectivity index (χ3v) is 3.02. The number of halogens is 2. The molecular formula is C17H13Cl2Zr. The number of allylic oxidation sites excluding steroid dienone is 4. The fourth-order valence-corrected chi connectivity index (χ4v) is 2.11. The number of hydrogen-bond donors (Lipinski definition) is 0. The summed E-state index contributed by atoms with van der Waals surface area (Å²) >= 11 is 0. The van der Waals surface area contributed by atoms with E-state index in [9.17, 15) is 0 Å². The number of rotatable bonds is 2. The van der Waals surface area contributed by atoms with Gasteiger partial charge in [0.1, 0.15) is 0 Å². The van der Waals surface area contributed by atoms with Gasteiger partial charge in [0.15, 0.2) is 0 Å². The third-order valence-electron chi connectivity index (χ3n) is 3.02. The monoisotopic (exact) mass is 377 g/mol. The van der Waals surface area contributed by atoms with Crippen LogP contribution in [-0.4, -0.2) is 0 Å². The second-order valence-corrected chi connectivity index (χ2v) is 4.17. The fraction of sp³-hybridized carbons (Fsp3) is 0.0588. The average molecular weight is 379 g/mol. The predicted octanol–water partition coefficient (Wildman–Crippen LogP) is -1.63. The smallest absolute Gasteiger partial charge is 1.00 e. The first kappa shape index (κ1) is 19.4. The van der Waals surface area contributed by atoms with E-state index in [-0.39, 0.29) is 51.0 Å².